The van der Waals surface area contributed by atoms with Crippen LogP contribution in [-0.2, 0) is 20.9 Å². The van der Waals surface area contributed by atoms with Gasteiger partial charge in [0.1, 0.15) is 12.4 Å². The van der Waals surface area contributed by atoms with Crippen molar-refractivity contribution in [2.75, 3.05) is 6.61 Å². The molecule has 0 fully saturated rings. The first kappa shape index (κ1) is 19.7. The van der Waals surface area contributed by atoms with Gasteiger partial charge >= 0.3 is 5.97 Å². The molecule has 146 valence electrons. The lowest BCUT2D eigenvalue weighted by atomic mass is 9.84. The van der Waals surface area contributed by atoms with E-state index in [9.17, 15) is 9.59 Å². The Kier molecular flexibility index (Phi) is 6.14. The largest absolute Gasteiger partial charge is 0.494 e. The first-order valence-electron chi connectivity index (χ1n) is 9.44. The number of rotatable bonds is 6. The Morgan fingerprint density at radius 2 is 1.82 bits per heavy atom. The smallest absolute Gasteiger partial charge is 0.336 e. The molecule has 0 radical (unpaired) electrons. The Balaban J connectivity index is 1.87. The maximum Gasteiger partial charge on any atom is 0.336 e. The quantitative estimate of drug-likeness (QED) is 0.770. The average molecular weight is 379 g/mol. The molecule has 5 heteroatoms. The summed E-state index contributed by atoms with van der Waals surface area (Å²) in [6.45, 7) is 6.34. The van der Waals surface area contributed by atoms with Crippen LogP contribution in [0, 0.1) is 6.92 Å². The zero-order valence-corrected chi connectivity index (χ0v) is 16.5. The molecular formula is C23H25NO4. The summed E-state index contributed by atoms with van der Waals surface area (Å²) in [4.78, 5) is 25.1. The molecule has 0 aromatic heterocycles. The normalized spacial score (nSPS) is 16.5. The summed E-state index contributed by atoms with van der Waals surface area (Å²) >= 11 is 0. The number of aryl methyl sites for hydroxylation is 1. The van der Waals surface area contributed by atoms with Crippen LogP contribution in [0.5, 0.6) is 5.75 Å². The van der Waals surface area contributed by atoms with E-state index in [2.05, 4.69) is 5.32 Å². The van der Waals surface area contributed by atoms with E-state index in [1.807, 2.05) is 62.4 Å². The second-order valence-corrected chi connectivity index (χ2v) is 6.88. The SMILES string of the molecule is CCOc1ccccc1[C@@H]1CC(=O)NC(C)=C1C(=O)OCc1ccc(C)cc1. The number of para-hydroxylation sites is 1. The Morgan fingerprint density at radius 1 is 1.11 bits per heavy atom. The number of ether oxygens (including phenoxy) is 2. The molecule has 5 nitrogen and oxygen atoms in total. The lowest BCUT2D eigenvalue weighted by Gasteiger charge is -2.27. The van der Waals surface area contributed by atoms with Gasteiger partial charge < -0.3 is 14.8 Å². The number of esters is 1. The van der Waals surface area contributed by atoms with Crippen LogP contribution in [0.3, 0.4) is 0 Å². The van der Waals surface area contributed by atoms with E-state index < -0.39 is 11.9 Å². The lowest BCUT2D eigenvalue weighted by Crippen LogP contribution is -2.34. The van der Waals surface area contributed by atoms with Crippen molar-refractivity contribution in [1.29, 1.82) is 0 Å². The molecule has 2 aromatic carbocycles. The van der Waals surface area contributed by atoms with Crippen LogP contribution >= 0.6 is 0 Å². The summed E-state index contributed by atoms with van der Waals surface area (Å²) in [7, 11) is 0. The molecule has 1 aliphatic rings. The minimum Gasteiger partial charge on any atom is -0.494 e. The zero-order chi connectivity index (χ0) is 20.1. The fourth-order valence-electron chi connectivity index (χ4n) is 3.40. The molecule has 3 rings (SSSR count). The standard InChI is InChI=1S/C23H25NO4/c1-4-27-20-8-6-5-7-18(20)19-13-21(25)24-16(3)22(19)23(26)28-14-17-11-9-15(2)10-12-17/h5-12,19H,4,13-14H2,1-3H3,(H,24,25)/t19-/m0/s1. The van der Waals surface area contributed by atoms with Gasteiger partial charge in [-0.1, -0.05) is 48.0 Å². The molecule has 1 aliphatic heterocycles. The Bertz CT molecular complexity index is 899. The molecule has 1 N–H and O–H groups in total. The Morgan fingerprint density at radius 3 is 2.54 bits per heavy atom. The third-order valence-electron chi connectivity index (χ3n) is 4.77. The van der Waals surface area contributed by atoms with Gasteiger partial charge in [0.25, 0.3) is 0 Å². The zero-order valence-electron chi connectivity index (χ0n) is 16.5. The van der Waals surface area contributed by atoms with Crippen molar-refractivity contribution < 1.29 is 19.1 Å². The molecule has 28 heavy (non-hydrogen) atoms. The summed E-state index contributed by atoms with van der Waals surface area (Å²) in [5.74, 6) is -0.262. The first-order valence-corrected chi connectivity index (χ1v) is 9.44. The minimum absolute atomic E-state index is 0.121. The van der Waals surface area contributed by atoms with E-state index >= 15 is 0 Å². The van der Waals surface area contributed by atoms with Gasteiger partial charge in [0, 0.05) is 23.6 Å². The number of hydrogen-bond donors (Lipinski definition) is 1. The maximum atomic E-state index is 12.9. The molecule has 0 aliphatic carbocycles. The highest BCUT2D eigenvalue weighted by Gasteiger charge is 2.34. The highest BCUT2D eigenvalue weighted by molar-refractivity contribution is 5.96. The third kappa shape index (κ3) is 4.42. The van der Waals surface area contributed by atoms with Crippen molar-refractivity contribution in [3.05, 3.63) is 76.5 Å². The van der Waals surface area contributed by atoms with Gasteiger partial charge in [-0.05, 0) is 32.4 Å². The fourth-order valence-corrected chi connectivity index (χ4v) is 3.40. The second-order valence-electron chi connectivity index (χ2n) is 6.88. The Hall–Kier alpha value is -3.08. The predicted molar refractivity (Wildman–Crippen MR) is 107 cm³/mol. The van der Waals surface area contributed by atoms with Gasteiger partial charge in [-0.15, -0.1) is 0 Å². The van der Waals surface area contributed by atoms with Crippen molar-refractivity contribution in [3.8, 4) is 5.75 Å². The van der Waals surface area contributed by atoms with E-state index in [0.29, 0.717) is 23.6 Å². The lowest BCUT2D eigenvalue weighted by molar-refractivity contribution is -0.141. The van der Waals surface area contributed by atoms with Gasteiger partial charge in [-0.2, -0.15) is 0 Å². The fraction of sp³-hybridized carbons (Fsp3) is 0.304. The summed E-state index contributed by atoms with van der Waals surface area (Å²) < 4.78 is 11.3. The van der Waals surface area contributed by atoms with Crippen LogP contribution in [0.25, 0.3) is 0 Å². The number of nitrogens with one attached hydrogen (secondary N) is 1. The molecule has 0 bridgehead atoms. The molecule has 0 unspecified atom stereocenters. The maximum absolute atomic E-state index is 12.9. The number of amides is 1. The molecule has 2 aromatic rings. The molecule has 0 spiro atoms. The van der Waals surface area contributed by atoms with E-state index in [4.69, 9.17) is 9.47 Å². The monoisotopic (exact) mass is 379 g/mol. The van der Waals surface area contributed by atoms with Gasteiger partial charge in [0.05, 0.1) is 12.2 Å². The second kappa shape index (κ2) is 8.74. The molecule has 1 amide bonds. The minimum atomic E-state index is -0.422. The molecule has 0 saturated carbocycles. The van der Waals surface area contributed by atoms with E-state index in [1.54, 1.807) is 6.92 Å². The van der Waals surface area contributed by atoms with E-state index in [1.165, 1.54) is 0 Å². The van der Waals surface area contributed by atoms with Crippen LogP contribution in [0.15, 0.2) is 59.8 Å². The summed E-state index contributed by atoms with van der Waals surface area (Å²) in [6.07, 6.45) is 0.177. The predicted octanol–water partition coefficient (Wildman–Crippen LogP) is 4.01. The van der Waals surface area contributed by atoms with Crippen molar-refractivity contribution in [3.63, 3.8) is 0 Å². The molecule has 1 atom stereocenters. The molecule has 1 heterocycles. The van der Waals surface area contributed by atoms with Crippen molar-refractivity contribution >= 4 is 11.9 Å². The molecule has 0 saturated heterocycles. The number of benzene rings is 2. The number of carbonyl (C=O) groups excluding carboxylic acids is 2. The van der Waals surface area contributed by atoms with Gasteiger partial charge in [0.2, 0.25) is 5.91 Å². The molecular weight excluding hydrogens is 354 g/mol. The highest BCUT2D eigenvalue weighted by Crippen LogP contribution is 2.38. The van der Waals surface area contributed by atoms with E-state index in [0.717, 1.165) is 16.7 Å². The topological polar surface area (TPSA) is 64.6 Å². The third-order valence-corrected chi connectivity index (χ3v) is 4.77. The highest BCUT2D eigenvalue weighted by atomic mass is 16.5. The Labute approximate surface area is 165 Å². The van der Waals surface area contributed by atoms with Crippen LogP contribution in [0.4, 0.5) is 0 Å². The van der Waals surface area contributed by atoms with Gasteiger partial charge in [0.15, 0.2) is 0 Å². The average Bonchev–Trinajstić information content (AvgIpc) is 2.67. The summed E-state index contributed by atoms with van der Waals surface area (Å²) in [5.41, 5.74) is 3.89. The van der Waals surface area contributed by atoms with Gasteiger partial charge in [-0.25, -0.2) is 4.79 Å². The van der Waals surface area contributed by atoms with Crippen molar-refractivity contribution in [2.45, 2.75) is 39.7 Å². The number of allylic oxidation sites excluding steroid dienone is 1. The van der Waals surface area contributed by atoms with Crippen LogP contribution < -0.4 is 10.1 Å². The van der Waals surface area contributed by atoms with Crippen LogP contribution in [-0.4, -0.2) is 18.5 Å². The van der Waals surface area contributed by atoms with E-state index in [-0.39, 0.29) is 18.9 Å². The van der Waals surface area contributed by atoms with Crippen molar-refractivity contribution in [2.24, 2.45) is 0 Å². The number of carbonyl (C=O) groups is 2. The van der Waals surface area contributed by atoms with Crippen molar-refractivity contribution in [1.82, 2.24) is 5.32 Å². The summed E-state index contributed by atoms with van der Waals surface area (Å²) in [5, 5.41) is 2.77. The van der Waals surface area contributed by atoms with Crippen LogP contribution in [0.1, 0.15) is 42.9 Å². The van der Waals surface area contributed by atoms with Gasteiger partial charge in [-0.3, -0.25) is 4.79 Å². The first-order chi connectivity index (χ1) is 13.5. The summed E-state index contributed by atoms with van der Waals surface area (Å²) in [6, 6.07) is 15.4. The number of hydrogen-bond acceptors (Lipinski definition) is 4. The van der Waals surface area contributed by atoms with Crippen LogP contribution in [0.2, 0.25) is 0 Å².